The molecule has 0 radical (unpaired) electrons. The molecule has 1 aromatic rings. The molecule has 1 unspecified atom stereocenters. The first-order valence-electron chi connectivity index (χ1n) is 7.87. The summed E-state index contributed by atoms with van der Waals surface area (Å²) in [6.07, 6.45) is 0.841. The van der Waals surface area contributed by atoms with Crippen LogP contribution >= 0.6 is 11.8 Å². The van der Waals surface area contributed by atoms with Gasteiger partial charge in [0.05, 0.1) is 18.6 Å². The van der Waals surface area contributed by atoms with Gasteiger partial charge in [-0.3, -0.25) is 0 Å². The predicted octanol–water partition coefficient (Wildman–Crippen LogP) is 1.38. The number of thioether (sulfide) groups is 1. The molecule has 1 heterocycles. The van der Waals surface area contributed by atoms with Crippen LogP contribution in [0.5, 0.6) is 5.75 Å². The van der Waals surface area contributed by atoms with Gasteiger partial charge in [0.15, 0.2) is 6.61 Å². The maximum atomic E-state index is 13.0. The first-order chi connectivity index (χ1) is 12.0. The first kappa shape index (κ1) is 20.0. The Morgan fingerprint density at radius 1 is 1.28 bits per heavy atom. The highest BCUT2D eigenvalue weighted by atomic mass is 32.2. The van der Waals surface area contributed by atoms with E-state index in [9.17, 15) is 13.2 Å². The van der Waals surface area contributed by atoms with E-state index in [1.807, 2.05) is 0 Å². The van der Waals surface area contributed by atoms with Gasteiger partial charge in [-0.1, -0.05) is 0 Å². The number of carbonyl (C=O) groups excluding carboxylic acids is 1. The van der Waals surface area contributed by atoms with Gasteiger partial charge in [-0.2, -0.15) is 16.1 Å². The van der Waals surface area contributed by atoms with Crippen molar-refractivity contribution in [3.8, 4) is 5.75 Å². The molecule has 1 atom stereocenters. The van der Waals surface area contributed by atoms with Crippen LogP contribution in [-0.2, 0) is 24.3 Å². The lowest BCUT2D eigenvalue weighted by atomic mass is 10.3. The van der Waals surface area contributed by atoms with E-state index in [1.54, 1.807) is 18.9 Å². The Bertz CT molecular complexity index is 656. The predicted molar refractivity (Wildman–Crippen MR) is 95.5 cm³/mol. The average Bonchev–Trinajstić information content (AvgIpc) is 3.14. The molecule has 25 heavy (non-hydrogen) atoms. The zero-order chi connectivity index (χ0) is 18.3. The van der Waals surface area contributed by atoms with Gasteiger partial charge in [-0.15, -0.1) is 0 Å². The Balaban J connectivity index is 2.13. The molecule has 140 valence electrons. The number of hydrogen-bond acceptors (Lipinski definition) is 7. The minimum atomic E-state index is -3.62. The van der Waals surface area contributed by atoms with E-state index in [1.165, 1.54) is 35.7 Å². The molecule has 0 spiro atoms. The normalized spacial score (nSPS) is 17.6. The summed E-state index contributed by atoms with van der Waals surface area (Å²) < 4.78 is 42.3. The smallest absolute Gasteiger partial charge is 0.343 e. The molecule has 0 N–H and O–H groups in total. The van der Waals surface area contributed by atoms with Gasteiger partial charge >= 0.3 is 5.97 Å². The summed E-state index contributed by atoms with van der Waals surface area (Å²) in [5.74, 6) is 1.66. The third-order valence-corrected chi connectivity index (χ3v) is 6.95. The van der Waals surface area contributed by atoms with E-state index in [2.05, 4.69) is 4.74 Å². The van der Waals surface area contributed by atoms with Crippen molar-refractivity contribution in [1.82, 2.24) is 4.31 Å². The molecule has 0 amide bonds. The molecule has 9 heteroatoms. The van der Waals surface area contributed by atoms with E-state index >= 15 is 0 Å². The highest BCUT2D eigenvalue weighted by Gasteiger charge is 2.33. The Labute approximate surface area is 152 Å². The topological polar surface area (TPSA) is 82.1 Å². The summed E-state index contributed by atoms with van der Waals surface area (Å²) in [7, 11) is -0.784. The average molecular weight is 389 g/mol. The molecule has 1 aliphatic heterocycles. The van der Waals surface area contributed by atoms with Crippen LogP contribution in [0.4, 0.5) is 0 Å². The van der Waals surface area contributed by atoms with Gasteiger partial charge in [0, 0.05) is 25.4 Å². The molecule has 1 fully saturated rings. The van der Waals surface area contributed by atoms with Crippen molar-refractivity contribution in [3.05, 3.63) is 24.3 Å². The largest absolute Gasteiger partial charge is 0.482 e. The highest BCUT2D eigenvalue weighted by molar-refractivity contribution is 7.99. The number of rotatable bonds is 9. The van der Waals surface area contributed by atoms with Crippen LogP contribution in [0.25, 0.3) is 0 Å². The first-order valence-corrected chi connectivity index (χ1v) is 10.5. The molecular weight excluding hydrogens is 366 g/mol. The summed E-state index contributed by atoms with van der Waals surface area (Å²) >= 11 is 1.76. The van der Waals surface area contributed by atoms with Crippen LogP contribution in [0, 0.1) is 0 Å². The molecule has 7 nitrogen and oxygen atoms in total. The lowest BCUT2D eigenvalue weighted by Gasteiger charge is -2.27. The minimum Gasteiger partial charge on any atom is -0.482 e. The van der Waals surface area contributed by atoms with E-state index < -0.39 is 16.0 Å². The number of esters is 1. The number of ether oxygens (including phenoxy) is 3. The van der Waals surface area contributed by atoms with Crippen molar-refractivity contribution >= 4 is 27.8 Å². The van der Waals surface area contributed by atoms with Crippen LogP contribution < -0.4 is 4.74 Å². The van der Waals surface area contributed by atoms with Gasteiger partial charge in [-0.05, 0) is 36.4 Å². The molecule has 0 saturated carbocycles. The van der Waals surface area contributed by atoms with Crippen LogP contribution in [0.15, 0.2) is 29.2 Å². The molecular formula is C16H23NO6S2. The Kier molecular flexibility index (Phi) is 7.55. The molecule has 2 rings (SSSR count). The van der Waals surface area contributed by atoms with Crippen LogP contribution in [0.3, 0.4) is 0 Å². The van der Waals surface area contributed by atoms with Crippen molar-refractivity contribution in [2.45, 2.75) is 17.4 Å². The van der Waals surface area contributed by atoms with Crippen LogP contribution in [0.2, 0.25) is 0 Å². The second-order valence-electron chi connectivity index (χ2n) is 5.46. The number of hydrogen-bond donors (Lipinski definition) is 0. The maximum Gasteiger partial charge on any atom is 0.343 e. The monoisotopic (exact) mass is 389 g/mol. The highest BCUT2D eigenvalue weighted by Crippen LogP contribution is 2.28. The fourth-order valence-corrected chi connectivity index (χ4v) is 5.43. The second kappa shape index (κ2) is 9.42. The van der Waals surface area contributed by atoms with Crippen molar-refractivity contribution in [2.24, 2.45) is 0 Å². The lowest BCUT2D eigenvalue weighted by Crippen LogP contribution is -2.42. The van der Waals surface area contributed by atoms with E-state index in [0.29, 0.717) is 18.9 Å². The van der Waals surface area contributed by atoms with Crippen LogP contribution in [0.1, 0.15) is 6.42 Å². The summed E-state index contributed by atoms with van der Waals surface area (Å²) in [5, 5.41) is 0. The second-order valence-corrected chi connectivity index (χ2v) is 8.50. The van der Waals surface area contributed by atoms with Gasteiger partial charge in [0.25, 0.3) is 0 Å². The third kappa shape index (κ3) is 5.34. The van der Waals surface area contributed by atoms with Gasteiger partial charge in [0.1, 0.15) is 5.75 Å². The number of methoxy groups -OCH3 is 2. The Hall–Kier alpha value is -1.29. The van der Waals surface area contributed by atoms with Crippen molar-refractivity contribution in [1.29, 1.82) is 0 Å². The van der Waals surface area contributed by atoms with E-state index in [4.69, 9.17) is 9.47 Å². The zero-order valence-electron chi connectivity index (χ0n) is 14.3. The summed E-state index contributed by atoms with van der Waals surface area (Å²) in [6, 6.07) is 6.04. The quantitative estimate of drug-likeness (QED) is 0.590. The van der Waals surface area contributed by atoms with Crippen LogP contribution in [-0.4, -0.2) is 70.2 Å². The van der Waals surface area contributed by atoms with Crippen molar-refractivity contribution < 1.29 is 27.4 Å². The Morgan fingerprint density at radius 3 is 2.56 bits per heavy atom. The van der Waals surface area contributed by atoms with Crippen molar-refractivity contribution in [2.75, 3.05) is 45.5 Å². The Morgan fingerprint density at radius 2 is 2.00 bits per heavy atom. The number of carbonyl (C=O) groups is 1. The van der Waals surface area contributed by atoms with E-state index in [0.717, 1.165) is 17.9 Å². The molecule has 0 bridgehead atoms. The SMILES string of the molecule is COCCN(C1CCSC1)S(=O)(=O)c1ccc(OCC(=O)OC)cc1. The lowest BCUT2D eigenvalue weighted by molar-refractivity contribution is -0.142. The fourth-order valence-electron chi connectivity index (χ4n) is 2.47. The molecule has 1 saturated heterocycles. The zero-order valence-corrected chi connectivity index (χ0v) is 16.0. The molecule has 1 aliphatic rings. The van der Waals surface area contributed by atoms with Crippen molar-refractivity contribution in [3.63, 3.8) is 0 Å². The van der Waals surface area contributed by atoms with Gasteiger partial charge < -0.3 is 14.2 Å². The maximum absolute atomic E-state index is 13.0. The summed E-state index contributed by atoms with van der Waals surface area (Å²) in [5.41, 5.74) is 0. The minimum absolute atomic E-state index is 0.0135. The fraction of sp³-hybridized carbons (Fsp3) is 0.562. The standard InChI is InChI=1S/C16H23NO6S2/c1-21-9-8-17(13-7-10-24-12-13)25(19,20)15-5-3-14(4-6-15)23-11-16(18)22-2/h3-6,13H,7-12H2,1-2H3. The van der Waals surface area contributed by atoms with Gasteiger partial charge in [-0.25, -0.2) is 13.2 Å². The van der Waals surface area contributed by atoms with Gasteiger partial charge in [0.2, 0.25) is 10.0 Å². The molecule has 0 aromatic heterocycles. The molecule has 0 aliphatic carbocycles. The van der Waals surface area contributed by atoms with E-state index in [-0.39, 0.29) is 17.5 Å². The molecule has 1 aromatic carbocycles. The third-order valence-electron chi connectivity index (χ3n) is 3.84. The summed E-state index contributed by atoms with van der Waals surface area (Å²) in [4.78, 5) is 11.3. The number of benzene rings is 1. The number of nitrogens with zero attached hydrogens (tertiary/aromatic N) is 1. The number of sulfonamides is 1. The summed E-state index contributed by atoms with van der Waals surface area (Å²) in [6.45, 7) is 0.452.